The summed E-state index contributed by atoms with van der Waals surface area (Å²) in [6, 6.07) is 0. The van der Waals surface area contributed by atoms with E-state index in [1.165, 1.54) is 0 Å². The Morgan fingerprint density at radius 2 is 0.0870 bits per heavy atom. The van der Waals surface area contributed by atoms with Crippen molar-refractivity contribution in [3.05, 3.63) is 0 Å². The van der Waals surface area contributed by atoms with E-state index < -0.39 is 0 Å². The minimum absolute atomic E-state index is 0. The molecule has 0 radical (unpaired) electrons. The topological polar surface area (TPSA) is 158 Å². The third-order valence-electron chi connectivity index (χ3n) is 0. The quantitative estimate of drug-likeness (QED) is 0.277. The molecule has 0 aliphatic heterocycles. The number of hydrogen-bond acceptors (Lipinski definition) is 0. The van der Waals surface area contributed by atoms with E-state index in [1.54, 1.807) is 0 Å². The van der Waals surface area contributed by atoms with E-state index in [4.69, 9.17) is 0 Å². The van der Waals surface area contributed by atoms with E-state index in [2.05, 4.69) is 0 Å². The molecule has 0 fully saturated rings. The first-order valence-corrected chi connectivity index (χ1v) is 0. The Bertz CT molecular complexity index is 17.4. The Balaban J connectivity index is 0. The van der Waals surface area contributed by atoms with Crippen LogP contribution in [0.25, 0.3) is 0 Å². The summed E-state index contributed by atoms with van der Waals surface area (Å²) in [5.74, 6) is 0. The summed E-state index contributed by atoms with van der Waals surface area (Å²) in [5.41, 5.74) is 0. The van der Waals surface area contributed by atoms with E-state index in [9.17, 15) is 0 Å². The zero-order chi connectivity index (χ0) is 0. The van der Waals surface area contributed by atoms with Crippen LogP contribution in [0.1, 0.15) is 0 Å². The van der Waals surface area contributed by atoms with Gasteiger partial charge in [-0.15, -0.1) is 0 Å². The second-order valence-corrected chi connectivity index (χ2v) is 0. The van der Waals surface area contributed by atoms with Gasteiger partial charge in [-0.25, -0.2) is 0 Å². The Morgan fingerprint density at radius 3 is 0.0870 bits per heavy atom. The van der Waals surface area contributed by atoms with Crippen LogP contribution in [0.15, 0.2) is 0 Å². The first-order valence-electron chi connectivity index (χ1n) is 0. The average Bonchev–Trinajstić information content (AvgIpc) is 0. The molecule has 0 spiro atoms. The van der Waals surface area contributed by atoms with Gasteiger partial charge in [0.15, 0.2) is 0 Å². The molecule has 0 heterocycles. The summed E-state index contributed by atoms with van der Waals surface area (Å²) in [5, 5.41) is 0. The molecular formula is H28Na18O5. The van der Waals surface area contributed by atoms with Gasteiger partial charge >= 0.3 is 532 Å². The average molecular weight is 522 g/mol. The van der Waals surface area contributed by atoms with E-state index >= 15 is 0 Å². The zero-order valence-corrected chi connectivity index (χ0v) is 2.50. The molecule has 10 N–H and O–H groups in total. The van der Waals surface area contributed by atoms with Crippen molar-refractivity contribution in [1.82, 2.24) is 0 Å². The predicted octanol–water partition coefficient (Wildman–Crippen LogP) is -15.8. The van der Waals surface area contributed by atoms with Gasteiger partial charge in [-0.05, 0) is 0 Å². The molecule has 0 aliphatic carbocycles. The van der Waals surface area contributed by atoms with E-state index in [0.717, 1.165) is 0 Å². The molecular weight excluding hydrogens is 494 g/mol. The molecule has 0 aliphatic rings. The van der Waals surface area contributed by atoms with Crippen LogP contribution in [0, 0.1) is 0 Å². The van der Waals surface area contributed by atoms with Gasteiger partial charge in [0.25, 0.3) is 0 Å². The van der Waals surface area contributed by atoms with Gasteiger partial charge < -0.3 is 27.4 Å². The summed E-state index contributed by atoms with van der Waals surface area (Å²) in [4.78, 5) is 0. The Kier molecular flexibility index (Phi) is 1680. The van der Waals surface area contributed by atoms with Gasteiger partial charge in [0.05, 0.1) is 0 Å². The van der Waals surface area contributed by atoms with Gasteiger partial charge in [0.2, 0.25) is 0 Å². The first kappa shape index (κ1) is 204. The normalized spacial score (nSPS) is 0. The van der Waals surface area contributed by atoms with Crippen LogP contribution < -0.4 is 0 Å². The second kappa shape index (κ2) is 189. The predicted molar refractivity (Wildman–Crippen MR) is 147 cm³/mol. The molecule has 0 saturated carbocycles. The summed E-state index contributed by atoms with van der Waals surface area (Å²) in [6.07, 6.45) is 0. The maximum atomic E-state index is 0. The fourth-order valence-electron chi connectivity index (χ4n) is 0. The third kappa shape index (κ3) is 179. The van der Waals surface area contributed by atoms with Gasteiger partial charge in [-0.1, -0.05) is 0 Å². The summed E-state index contributed by atoms with van der Waals surface area (Å²) in [6.45, 7) is 0. The van der Waals surface area contributed by atoms with Crippen LogP contribution >= 0.6 is 0 Å². The molecule has 0 aromatic heterocycles. The van der Waals surface area contributed by atoms with Gasteiger partial charge in [-0.3, -0.25) is 0 Å². The van der Waals surface area contributed by atoms with Crippen LogP contribution in [0.5, 0.6) is 0 Å². The van der Waals surface area contributed by atoms with E-state index in [-0.39, 0.29) is 559 Å². The van der Waals surface area contributed by atoms with Gasteiger partial charge in [0.1, 0.15) is 0 Å². The molecule has 5 nitrogen and oxygen atoms in total. The molecule has 0 saturated heterocycles. The van der Waals surface area contributed by atoms with Crippen molar-refractivity contribution in [3.63, 3.8) is 0 Å². The van der Waals surface area contributed by atoms with Crippen molar-refractivity contribution in [2.45, 2.75) is 0 Å². The summed E-state index contributed by atoms with van der Waals surface area (Å²) in [7, 11) is 0. The molecule has 0 atom stereocenters. The molecule has 0 bridgehead atoms. The molecule has 0 amide bonds. The maximum absolute atomic E-state index is 0. The molecule has 23 heavy (non-hydrogen) atoms. The van der Waals surface area contributed by atoms with Crippen LogP contribution in [-0.2, 0) is 0 Å². The van der Waals surface area contributed by atoms with Crippen molar-refractivity contribution in [2.24, 2.45) is 0 Å². The van der Waals surface area contributed by atoms with Crippen LogP contribution in [0.3, 0.4) is 0 Å². The zero-order valence-electron chi connectivity index (χ0n) is 2.50. The minimum atomic E-state index is 0. The molecule has 0 aromatic carbocycles. The Labute approximate surface area is 540 Å². The molecule has 76 valence electrons. The molecule has 23 heteroatoms. The van der Waals surface area contributed by atoms with Crippen molar-refractivity contribution in [2.75, 3.05) is 0 Å². The van der Waals surface area contributed by atoms with E-state index in [0.29, 0.717) is 0 Å². The third-order valence-corrected chi connectivity index (χ3v) is 0. The van der Waals surface area contributed by atoms with Crippen LogP contribution in [0.4, 0.5) is 0 Å². The monoisotopic (exact) mass is 522 g/mol. The summed E-state index contributed by atoms with van der Waals surface area (Å²) < 4.78 is 0. The van der Waals surface area contributed by atoms with Gasteiger partial charge in [0, 0.05) is 0 Å². The fourth-order valence-corrected chi connectivity index (χ4v) is 0. The Hall–Kier alpha value is 17.8. The van der Waals surface area contributed by atoms with Gasteiger partial charge in [-0.2, -0.15) is 0 Å². The Morgan fingerprint density at radius 1 is 0.0870 bits per heavy atom. The fraction of sp³-hybridized carbons (Fsp3) is 0. The molecule has 0 aromatic rings. The molecule has 0 rings (SSSR count). The van der Waals surface area contributed by atoms with Crippen molar-refractivity contribution < 1.29 is 27.4 Å². The number of rotatable bonds is 0. The first-order chi connectivity index (χ1) is 0. The second-order valence-electron chi connectivity index (χ2n) is 0. The molecule has 0 unspecified atom stereocenters. The summed E-state index contributed by atoms with van der Waals surface area (Å²) >= 11 is 0. The van der Waals surface area contributed by atoms with Crippen molar-refractivity contribution in [3.8, 4) is 0 Å². The SMILES string of the molecule is O.O.O.O.O.[NaH].[NaH].[NaH].[NaH].[NaH].[NaH].[NaH].[NaH].[NaH].[NaH].[NaH].[NaH].[NaH].[NaH].[NaH].[NaH].[NaH].[NaH]. The van der Waals surface area contributed by atoms with Crippen molar-refractivity contribution in [1.29, 1.82) is 0 Å². The van der Waals surface area contributed by atoms with Crippen LogP contribution in [0.2, 0.25) is 0 Å². The van der Waals surface area contributed by atoms with Crippen molar-refractivity contribution >= 4 is 532 Å². The number of hydrogen-bond donors (Lipinski definition) is 0. The van der Waals surface area contributed by atoms with Crippen LogP contribution in [-0.4, -0.2) is 559 Å². The standard InChI is InChI=1S/18Na.5H2O.18H/h;;;;;;;;;;;;;;;;;;5*1H2;;;;;;;;;;;;;;;;;;. The van der Waals surface area contributed by atoms with E-state index in [1.807, 2.05) is 0 Å².